The van der Waals surface area contributed by atoms with Crippen LogP contribution in [0.3, 0.4) is 0 Å². The Morgan fingerprint density at radius 1 is 0.660 bits per heavy atom. The zero-order valence-electron chi connectivity index (χ0n) is 29.0. The summed E-state index contributed by atoms with van der Waals surface area (Å²) in [5, 5.41) is 9.43. The lowest BCUT2D eigenvalue weighted by molar-refractivity contribution is -0.161. The first-order valence-corrected chi connectivity index (χ1v) is 19.2. The van der Waals surface area contributed by atoms with E-state index in [1.54, 1.807) is 6.08 Å². The van der Waals surface area contributed by atoms with Crippen molar-refractivity contribution < 1.29 is 43.0 Å². The van der Waals surface area contributed by atoms with Gasteiger partial charge in [-0.3, -0.25) is 14.1 Å². The number of hydrogen-bond acceptors (Lipinski definition) is 7. The Kier molecular flexibility index (Phi) is 30.7. The fraction of sp³-hybridized carbons (Fsp3) is 0.676. The third-order valence-electron chi connectivity index (χ3n) is 7.21. The minimum absolute atomic E-state index is 0.119. The second kappa shape index (κ2) is 32.3. The first kappa shape index (κ1) is 44.7. The van der Waals surface area contributed by atoms with E-state index in [4.69, 9.17) is 19.3 Å². The molecule has 0 spiro atoms. The molecule has 0 heterocycles. The summed E-state index contributed by atoms with van der Waals surface area (Å²) in [6.45, 7) is 3.27. The number of unbranched alkanes of at least 4 members (excludes halogenated alkanes) is 11. The molecule has 0 bridgehead atoms. The molecule has 0 aromatic rings. The maximum absolute atomic E-state index is 12.3. The van der Waals surface area contributed by atoms with Crippen molar-refractivity contribution in [1.29, 1.82) is 0 Å². The fourth-order valence-electron chi connectivity index (χ4n) is 4.42. The highest BCUT2D eigenvalue weighted by Crippen LogP contribution is 2.35. The Labute approximate surface area is 284 Å². The third-order valence-corrected chi connectivity index (χ3v) is 7.69. The predicted octanol–water partition coefficient (Wildman–Crippen LogP) is 9.14. The quantitative estimate of drug-likeness (QED) is 0.0215. The molecular formula is C37H63O9P. The number of hydrogen-bond donors (Lipinski definition) is 3. The van der Waals surface area contributed by atoms with Gasteiger partial charge in [0.15, 0.2) is 6.10 Å². The van der Waals surface area contributed by atoms with Crippen molar-refractivity contribution in [2.45, 2.75) is 148 Å². The second-order valence-electron chi connectivity index (χ2n) is 11.7. The van der Waals surface area contributed by atoms with Gasteiger partial charge < -0.3 is 24.4 Å². The molecule has 0 aliphatic carbocycles. The number of rotatable bonds is 31. The van der Waals surface area contributed by atoms with Crippen molar-refractivity contribution >= 4 is 19.8 Å². The predicted molar refractivity (Wildman–Crippen MR) is 190 cm³/mol. The van der Waals surface area contributed by atoms with Crippen LogP contribution in [0.2, 0.25) is 0 Å². The Hall–Kier alpha value is -2.29. The summed E-state index contributed by atoms with van der Waals surface area (Å²) < 4.78 is 26.2. The lowest BCUT2D eigenvalue weighted by Gasteiger charge is -2.18. The Morgan fingerprint density at radius 3 is 1.77 bits per heavy atom. The molecule has 0 aliphatic heterocycles. The molecule has 9 nitrogen and oxygen atoms in total. The van der Waals surface area contributed by atoms with Gasteiger partial charge >= 0.3 is 19.8 Å². The van der Waals surface area contributed by atoms with Crippen LogP contribution in [0.25, 0.3) is 0 Å². The van der Waals surface area contributed by atoms with Gasteiger partial charge in [-0.25, -0.2) is 4.57 Å². The first-order chi connectivity index (χ1) is 22.7. The largest absolute Gasteiger partial charge is 0.469 e. The average molecular weight is 683 g/mol. The molecule has 0 fully saturated rings. The summed E-state index contributed by atoms with van der Waals surface area (Å²) >= 11 is 0. The van der Waals surface area contributed by atoms with Crippen LogP contribution in [0.5, 0.6) is 0 Å². The van der Waals surface area contributed by atoms with E-state index in [1.807, 2.05) is 37.3 Å². The molecule has 0 aromatic carbocycles. The Balaban J connectivity index is 4.15. The molecule has 0 radical (unpaired) electrons. The molecule has 10 heteroatoms. The molecule has 0 unspecified atom stereocenters. The van der Waals surface area contributed by atoms with Gasteiger partial charge in [-0.1, -0.05) is 139 Å². The molecule has 0 saturated heterocycles. The van der Waals surface area contributed by atoms with E-state index < -0.39 is 32.5 Å². The molecule has 0 saturated carbocycles. The first-order valence-electron chi connectivity index (χ1n) is 17.7. The Morgan fingerprint density at radius 2 is 1.19 bits per heavy atom. The standard InChI is InChI=1S/C37H63O9P/c1-3-5-6-7-8-9-14-18-21-24-27-30-36(39)44-32-35(33-45-47(41,42)43)46-37(40)31-28-25-22-19-16-13-11-10-12-15-17-20-23-26-29-34(38)4-2/h11-13,15,19-20,22-23,26,29,34-35,38H,3-10,14,16-18,21,24-25,27-28,30-33H2,1-2H3,(H2,41,42,43)/b13-11-,15-12-,22-19-,23-20-,29-26+/t34-,35-/m1/s1. The normalized spacial score (nSPS) is 13.9. The van der Waals surface area contributed by atoms with Gasteiger partial charge in [0.2, 0.25) is 0 Å². The van der Waals surface area contributed by atoms with Gasteiger partial charge in [0, 0.05) is 12.8 Å². The van der Waals surface area contributed by atoms with Crippen molar-refractivity contribution in [3.8, 4) is 0 Å². The number of carbonyl (C=O) groups is 2. The van der Waals surface area contributed by atoms with E-state index >= 15 is 0 Å². The summed E-state index contributed by atoms with van der Waals surface area (Å²) in [5.41, 5.74) is 0. The number of esters is 2. The van der Waals surface area contributed by atoms with Crippen molar-refractivity contribution in [3.05, 3.63) is 60.8 Å². The van der Waals surface area contributed by atoms with Gasteiger partial charge in [-0.2, -0.15) is 0 Å². The summed E-state index contributed by atoms with van der Waals surface area (Å²) in [5.74, 6) is -0.978. The van der Waals surface area contributed by atoms with E-state index in [0.717, 1.165) is 38.5 Å². The van der Waals surface area contributed by atoms with Crippen LogP contribution < -0.4 is 0 Å². The fourth-order valence-corrected chi connectivity index (χ4v) is 4.78. The second-order valence-corrected chi connectivity index (χ2v) is 12.9. The molecule has 47 heavy (non-hydrogen) atoms. The number of phosphoric acid groups is 1. The highest BCUT2D eigenvalue weighted by Gasteiger charge is 2.22. The van der Waals surface area contributed by atoms with Crippen LogP contribution in [-0.2, 0) is 28.2 Å². The molecule has 0 rings (SSSR count). The van der Waals surface area contributed by atoms with Crippen molar-refractivity contribution in [2.24, 2.45) is 0 Å². The molecular weight excluding hydrogens is 619 g/mol. The average Bonchev–Trinajstić information content (AvgIpc) is 3.04. The van der Waals surface area contributed by atoms with Crippen LogP contribution in [0.15, 0.2) is 60.8 Å². The lowest BCUT2D eigenvalue weighted by atomic mass is 10.1. The maximum atomic E-state index is 12.3. The van der Waals surface area contributed by atoms with Crippen molar-refractivity contribution in [1.82, 2.24) is 0 Å². The van der Waals surface area contributed by atoms with Crippen LogP contribution >= 0.6 is 7.82 Å². The minimum atomic E-state index is -4.77. The number of phosphoric ester groups is 1. The Bertz CT molecular complexity index is 965. The lowest BCUT2D eigenvalue weighted by Crippen LogP contribution is -2.29. The van der Waals surface area contributed by atoms with Crippen molar-refractivity contribution in [2.75, 3.05) is 13.2 Å². The molecule has 0 aliphatic rings. The van der Waals surface area contributed by atoms with Gasteiger partial charge in [0.1, 0.15) is 6.61 Å². The number of allylic oxidation sites excluding steroid dienone is 9. The van der Waals surface area contributed by atoms with E-state index in [1.165, 1.54) is 44.9 Å². The molecule has 270 valence electrons. The minimum Gasteiger partial charge on any atom is -0.462 e. The van der Waals surface area contributed by atoms with Crippen LogP contribution in [0.4, 0.5) is 0 Å². The van der Waals surface area contributed by atoms with Crippen LogP contribution in [0, 0.1) is 0 Å². The zero-order chi connectivity index (χ0) is 34.9. The van der Waals surface area contributed by atoms with E-state index in [2.05, 4.69) is 35.8 Å². The summed E-state index contributed by atoms with van der Waals surface area (Å²) in [4.78, 5) is 42.5. The van der Waals surface area contributed by atoms with Crippen LogP contribution in [-0.4, -0.2) is 52.3 Å². The number of carbonyl (C=O) groups excluding carboxylic acids is 2. The number of ether oxygens (including phenoxy) is 2. The third kappa shape index (κ3) is 34.9. The number of aliphatic hydroxyl groups is 1. The van der Waals surface area contributed by atoms with E-state index in [-0.39, 0.29) is 25.6 Å². The smallest absolute Gasteiger partial charge is 0.462 e. The SMILES string of the molecule is CCCCCCCCCCCCCC(=O)OC[C@H](COP(=O)(O)O)OC(=O)CCC/C=C\C/C=C\C/C=C\C/C=C\C=C\[C@H](O)CC. The summed E-state index contributed by atoms with van der Waals surface area (Å²) in [6, 6.07) is 0. The van der Waals surface area contributed by atoms with Crippen LogP contribution in [0.1, 0.15) is 136 Å². The zero-order valence-corrected chi connectivity index (χ0v) is 29.9. The van der Waals surface area contributed by atoms with Gasteiger partial charge in [-0.15, -0.1) is 0 Å². The van der Waals surface area contributed by atoms with E-state index in [0.29, 0.717) is 25.7 Å². The summed E-state index contributed by atoms with van der Waals surface area (Å²) in [7, 11) is -4.77. The molecule has 0 amide bonds. The highest BCUT2D eigenvalue weighted by atomic mass is 31.2. The number of aliphatic hydroxyl groups excluding tert-OH is 1. The highest BCUT2D eigenvalue weighted by molar-refractivity contribution is 7.46. The summed E-state index contributed by atoms with van der Waals surface area (Å²) in [6.07, 6.45) is 36.1. The monoisotopic (exact) mass is 682 g/mol. The van der Waals surface area contributed by atoms with Gasteiger partial charge in [0.25, 0.3) is 0 Å². The van der Waals surface area contributed by atoms with Gasteiger partial charge in [-0.05, 0) is 44.9 Å². The molecule has 0 aromatic heterocycles. The topological polar surface area (TPSA) is 140 Å². The molecule has 2 atom stereocenters. The molecule has 3 N–H and O–H groups in total. The van der Waals surface area contributed by atoms with E-state index in [9.17, 15) is 19.3 Å². The van der Waals surface area contributed by atoms with Crippen molar-refractivity contribution in [3.63, 3.8) is 0 Å². The maximum Gasteiger partial charge on any atom is 0.469 e. The van der Waals surface area contributed by atoms with Gasteiger partial charge in [0.05, 0.1) is 12.7 Å².